The topological polar surface area (TPSA) is 57.7 Å². The van der Waals surface area contributed by atoms with Crippen LogP contribution in [0, 0.1) is 0 Å². The van der Waals surface area contributed by atoms with E-state index in [1.807, 2.05) is 30.3 Å². The number of carbonyl (C=O) groups excluding carboxylic acids is 1. The van der Waals surface area contributed by atoms with Gasteiger partial charge in [-0.25, -0.2) is 8.42 Å². The second-order valence-electron chi connectivity index (χ2n) is 6.35. The summed E-state index contributed by atoms with van der Waals surface area (Å²) >= 11 is 5.93. The molecule has 0 unspecified atom stereocenters. The largest absolute Gasteiger partial charge is 0.337 e. The number of amides is 1. The van der Waals surface area contributed by atoms with Gasteiger partial charge in [0.25, 0.3) is 0 Å². The van der Waals surface area contributed by atoms with E-state index in [2.05, 4.69) is 0 Å². The number of halogens is 1. The fourth-order valence-corrected chi connectivity index (χ4v) is 4.66. The lowest BCUT2D eigenvalue weighted by Gasteiger charge is -2.33. The van der Waals surface area contributed by atoms with Crippen molar-refractivity contribution in [1.82, 2.24) is 9.21 Å². The molecule has 0 spiro atoms. The van der Waals surface area contributed by atoms with E-state index >= 15 is 0 Å². The normalized spacial score (nSPS) is 16.0. The molecule has 3 rings (SSSR count). The number of sulfonamides is 1. The fourth-order valence-electron chi connectivity index (χ4n) is 2.95. The van der Waals surface area contributed by atoms with Crippen LogP contribution in [0.5, 0.6) is 0 Å². The van der Waals surface area contributed by atoms with Gasteiger partial charge in [0.15, 0.2) is 0 Å². The molecule has 0 aromatic heterocycles. The third-order valence-corrected chi connectivity index (χ3v) is 6.49. The van der Waals surface area contributed by atoms with Gasteiger partial charge in [0, 0.05) is 37.3 Å². The standard InChI is InChI=1S/C20H21ClN2O3S/c21-19-8-4-7-17(15-19)9-10-20(24)22-11-13-23(14-12-22)27(25,26)16-18-5-2-1-3-6-18/h1-10,15H,11-14,16H2/b10-9+. The number of piperazine rings is 1. The quantitative estimate of drug-likeness (QED) is 0.720. The minimum Gasteiger partial charge on any atom is -0.337 e. The number of benzene rings is 2. The first-order valence-corrected chi connectivity index (χ1v) is 10.7. The number of rotatable bonds is 5. The molecular weight excluding hydrogens is 384 g/mol. The van der Waals surface area contributed by atoms with Gasteiger partial charge < -0.3 is 4.90 Å². The van der Waals surface area contributed by atoms with Gasteiger partial charge in [-0.1, -0.05) is 54.1 Å². The van der Waals surface area contributed by atoms with Crippen molar-refractivity contribution in [1.29, 1.82) is 0 Å². The highest BCUT2D eigenvalue weighted by Gasteiger charge is 2.28. The maximum absolute atomic E-state index is 12.6. The van der Waals surface area contributed by atoms with E-state index in [4.69, 9.17) is 11.6 Å². The minimum atomic E-state index is -3.38. The zero-order chi connectivity index (χ0) is 19.3. The Morgan fingerprint density at radius 2 is 1.70 bits per heavy atom. The molecule has 2 aromatic rings. The summed E-state index contributed by atoms with van der Waals surface area (Å²) in [5.41, 5.74) is 1.61. The predicted octanol–water partition coefficient (Wildman–Crippen LogP) is 3.03. The lowest BCUT2D eigenvalue weighted by atomic mass is 10.2. The van der Waals surface area contributed by atoms with E-state index < -0.39 is 10.0 Å². The molecule has 0 N–H and O–H groups in total. The molecule has 5 nitrogen and oxygen atoms in total. The summed E-state index contributed by atoms with van der Waals surface area (Å²) in [6.45, 7) is 1.39. The van der Waals surface area contributed by atoms with Crippen molar-refractivity contribution in [2.45, 2.75) is 5.75 Å². The molecule has 0 aliphatic carbocycles. The van der Waals surface area contributed by atoms with Crippen molar-refractivity contribution in [2.24, 2.45) is 0 Å². The molecule has 0 atom stereocenters. The Morgan fingerprint density at radius 3 is 2.37 bits per heavy atom. The van der Waals surface area contributed by atoms with Crippen molar-refractivity contribution in [3.8, 4) is 0 Å². The highest BCUT2D eigenvalue weighted by atomic mass is 35.5. The van der Waals surface area contributed by atoms with Gasteiger partial charge in [0.1, 0.15) is 0 Å². The highest BCUT2D eigenvalue weighted by Crippen LogP contribution is 2.15. The van der Waals surface area contributed by atoms with E-state index in [1.54, 1.807) is 35.2 Å². The molecular formula is C20H21ClN2O3S. The molecule has 1 heterocycles. The van der Waals surface area contributed by atoms with E-state index in [-0.39, 0.29) is 11.7 Å². The molecule has 2 aromatic carbocycles. The van der Waals surface area contributed by atoms with Crippen LogP contribution in [-0.2, 0) is 20.6 Å². The molecule has 1 amide bonds. The third-order valence-electron chi connectivity index (χ3n) is 4.40. The molecule has 0 radical (unpaired) electrons. The molecule has 0 saturated carbocycles. The molecule has 1 saturated heterocycles. The number of hydrogen-bond donors (Lipinski definition) is 0. The van der Waals surface area contributed by atoms with Crippen molar-refractivity contribution in [3.63, 3.8) is 0 Å². The van der Waals surface area contributed by atoms with Gasteiger partial charge in [0.05, 0.1) is 5.75 Å². The molecule has 0 bridgehead atoms. The summed E-state index contributed by atoms with van der Waals surface area (Å²) in [7, 11) is -3.38. The first kappa shape index (κ1) is 19.6. The van der Waals surface area contributed by atoms with Gasteiger partial charge in [-0.05, 0) is 29.3 Å². The monoisotopic (exact) mass is 404 g/mol. The van der Waals surface area contributed by atoms with Crippen molar-refractivity contribution in [2.75, 3.05) is 26.2 Å². The SMILES string of the molecule is O=C(/C=C/c1cccc(Cl)c1)N1CCN(S(=O)(=O)Cc2ccccc2)CC1. The van der Waals surface area contributed by atoms with Gasteiger partial charge in [0.2, 0.25) is 15.9 Å². The zero-order valence-electron chi connectivity index (χ0n) is 14.8. The Labute approximate surface area is 164 Å². The van der Waals surface area contributed by atoms with Crippen LogP contribution in [0.3, 0.4) is 0 Å². The van der Waals surface area contributed by atoms with Gasteiger partial charge in [-0.2, -0.15) is 4.31 Å². The van der Waals surface area contributed by atoms with Crippen molar-refractivity contribution >= 4 is 33.6 Å². The maximum Gasteiger partial charge on any atom is 0.246 e. The lowest BCUT2D eigenvalue weighted by Crippen LogP contribution is -2.50. The van der Waals surface area contributed by atoms with Crippen LogP contribution in [0.25, 0.3) is 6.08 Å². The van der Waals surface area contributed by atoms with Crippen LogP contribution in [-0.4, -0.2) is 49.7 Å². The Hall–Kier alpha value is -2.15. The number of carbonyl (C=O) groups is 1. The van der Waals surface area contributed by atoms with Crippen LogP contribution >= 0.6 is 11.6 Å². The van der Waals surface area contributed by atoms with Crippen LogP contribution in [0.2, 0.25) is 5.02 Å². The summed E-state index contributed by atoms with van der Waals surface area (Å²) in [4.78, 5) is 14.0. The fraction of sp³-hybridized carbons (Fsp3) is 0.250. The second-order valence-corrected chi connectivity index (χ2v) is 8.76. The summed E-state index contributed by atoms with van der Waals surface area (Å²) in [5.74, 6) is -0.147. The molecule has 27 heavy (non-hydrogen) atoms. The molecule has 1 aliphatic rings. The van der Waals surface area contributed by atoms with Crippen molar-refractivity contribution in [3.05, 3.63) is 76.8 Å². The summed E-state index contributed by atoms with van der Waals surface area (Å²) < 4.78 is 26.6. The van der Waals surface area contributed by atoms with E-state index in [0.29, 0.717) is 31.2 Å². The molecule has 1 aliphatic heterocycles. The van der Waals surface area contributed by atoms with Crippen LogP contribution in [0.4, 0.5) is 0 Å². The zero-order valence-corrected chi connectivity index (χ0v) is 16.4. The Kier molecular flexibility index (Phi) is 6.31. The van der Waals surface area contributed by atoms with E-state index in [0.717, 1.165) is 11.1 Å². The second kappa shape index (κ2) is 8.69. The molecule has 1 fully saturated rings. The van der Waals surface area contributed by atoms with Crippen LogP contribution < -0.4 is 0 Å². The van der Waals surface area contributed by atoms with Crippen molar-refractivity contribution < 1.29 is 13.2 Å². The summed E-state index contributed by atoms with van der Waals surface area (Å²) in [6, 6.07) is 16.4. The Balaban J connectivity index is 1.55. The minimum absolute atomic E-state index is 0.0174. The lowest BCUT2D eigenvalue weighted by molar-refractivity contribution is -0.127. The van der Waals surface area contributed by atoms with Crippen LogP contribution in [0.1, 0.15) is 11.1 Å². The molecule has 7 heteroatoms. The maximum atomic E-state index is 12.6. The smallest absolute Gasteiger partial charge is 0.246 e. The number of hydrogen-bond acceptors (Lipinski definition) is 3. The first-order valence-electron chi connectivity index (χ1n) is 8.68. The Bertz CT molecular complexity index is 921. The average Bonchev–Trinajstić information content (AvgIpc) is 2.67. The van der Waals surface area contributed by atoms with Gasteiger partial charge in [-0.15, -0.1) is 0 Å². The first-order chi connectivity index (χ1) is 12.9. The summed E-state index contributed by atoms with van der Waals surface area (Å²) in [5, 5.41) is 0.613. The third kappa shape index (κ3) is 5.42. The van der Waals surface area contributed by atoms with E-state index in [9.17, 15) is 13.2 Å². The average molecular weight is 405 g/mol. The highest BCUT2D eigenvalue weighted by molar-refractivity contribution is 7.88. The summed E-state index contributed by atoms with van der Waals surface area (Å²) in [6.07, 6.45) is 3.21. The number of nitrogens with zero attached hydrogens (tertiary/aromatic N) is 2. The van der Waals surface area contributed by atoms with Gasteiger partial charge in [-0.3, -0.25) is 4.79 Å². The predicted molar refractivity (Wildman–Crippen MR) is 108 cm³/mol. The Morgan fingerprint density at radius 1 is 1.00 bits per heavy atom. The van der Waals surface area contributed by atoms with Crippen LogP contribution in [0.15, 0.2) is 60.7 Å². The van der Waals surface area contributed by atoms with Gasteiger partial charge >= 0.3 is 0 Å². The molecule has 142 valence electrons. The van der Waals surface area contributed by atoms with E-state index in [1.165, 1.54) is 10.4 Å².